The van der Waals surface area contributed by atoms with Crippen molar-refractivity contribution in [2.75, 3.05) is 4.90 Å². The summed E-state index contributed by atoms with van der Waals surface area (Å²) in [5.74, 6) is 1.87. The number of anilines is 3. The Kier molecular flexibility index (Phi) is 3.75. The molecule has 40 heavy (non-hydrogen) atoms. The molecule has 0 saturated carbocycles. The molecule has 0 unspecified atom stereocenters. The molecule has 4 heterocycles. The Balaban J connectivity index is 1.45. The summed E-state index contributed by atoms with van der Waals surface area (Å²) in [6.45, 7) is 0.0810. The Morgan fingerprint density at radius 2 is 1.20 bits per heavy atom. The molecule has 184 valence electrons. The molecule has 8 aromatic rings. The van der Waals surface area contributed by atoms with E-state index in [1.54, 1.807) is 0 Å². The van der Waals surface area contributed by atoms with Crippen molar-refractivity contribution in [1.82, 2.24) is 4.40 Å². The van der Waals surface area contributed by atoms with Crippen LogP contribution in [0, 0.1) is 0 Å². The van der Waals surface area contributed by atoms with Crippen LogP contribution in [0.25, 0.3) is 38.1 Å². The monoisotopic (exact) mass is 508 g/mol. The van der Waals surface area contributed by atoms with Gasteiger partial charge in [-0.25, -0.2) is 0 Å². The number of ether oxygens (including phenoxy) is 1. The van der Waals surface area contributed by atoms with Crippen LogP contribution in [0.2, 0.25) is 0 Å². The highest BCUT2D eigenvalue weighted by molar-refractivity contribution is 6.99. The lowest BCUT2D eigenvalue weighted by atomic mass is 9.34. The molecule has 0 saturated heterocycles. The molecule has 0 atom stereocenters. The lowest BCUT2D eigenvalue weighted by Crippen LogP contribution is -2.59. The number of benzene rings is 6. The second-order valence-electron chi connectivity index (χ2n) is 10.9. The van der Waals surface area contributed by atoms with Gasteiger partial charge in [-0.05, 0) is 52.8 Å². The maximum absolute atomic E-state index is 6.53. The van der Waals surface area contributed by atoms with E-state index in [1.165, 1.54) is 65.9 Å². The number of aromatic nitrogens is 1. The van der Waals surface area contributed by atoms with E-state index < -0.39 is 0 Å². The van der Waals surface area contributed by atoms with Crippen LogP contribution >= 0.6 is 0 Å². The summed E-state index contributed by atoms with van der Waals surface area (Å²) in [4.78, 5) is 2.47. The van der Waals surface area contributed by atoms with Gasteiger partial charge in [0.05, 0.1) is 22.2 Å². The lowest BCUT2D eigenvalue weighted by molar-refractivity contribution is 0.487. The molecule has 6 aromatic carbocycles. The minimum atomic E-state index is 0.0810. The highest BCUT2D eigenvalue weighted by atomic mass is 16.5. The van der Waals surface area contributed by atoms with Crippen LogP contribution in [-0.4, -0.2) is 11.1 Å². The summed E-state index contributed by atoms with van der Waals surface area (Å²) in [6.07, 6.45) is 0. The Bertz CT molecular complexity index is 2320. The summed E-state index contributed by atoms with van der Waals surface area (Å²) >= 11 is 0. The molecule has 2 aromatic heterocycles. The van der Waals surface area contributed by atoms with Gasteiger partial charge in [0.25, 0.3) is 6.71 Å². The zero-order valence-electron chi connectivity index (χ0n) is 21.5. The maximum atomic E-state index is 6.53. The van der Waals surface area contributed by atoms with Gasteiger partial charge in [0.15, 0.2) is 0 Å². The maximum Gasteiger partial charge on any atom is 0.256 e. The van der Waals surface area contributed by atoms with Gasteiger partial charge in [-0.3, -0.25) is 0 Å². The van der Waals surface area contributed by atoms with Crippen LogP contribution in [0.4, 0.5) is 17.1 Å². The Labute approximate surface area is 230 Å². The summed E-state index contributed by atoms with van der Waals surface area (Å²) in [5.41, 5.74) is 11.1. The van der Waals surface area contributed by atoms with Gasteiger partial charge in [-0.15, -0.1) is 0 Å². The first-order valence-electron chi connectivity index (χ1n) is 13.8. The van der Waals surface area contributed by atoms with Crippen LogP contribution in [-0.2, 0) is 0 Å². The van der Waals surface area contributed by atoms with Crippen LogP contribution in [0.5, 0.6) is 11.5 Å². The van der Waals surface area contributed by atoms with Crippen molar-refractivity contribution in [1.29, 1.82) is 0 Å². The minimum absolute atomic E-state index is 0.0810. The molecule has 0 bridgehead atoms. The third kappa shape index (κ3) is 2.39. The zero-order chi connectivity index (χ0) is 25.9. The van der Waals surface area contributed by atoms with Gasteiger partial charge >= 0.3 is 0 Å². The summed E-state index contributed by atoms with van der Waals surface area (Å²) in [5, 5.41) is 5.18. The van der Waals surface area contributed by atoms with E-state index >= 15 is 0 Å². The lowest BCUT2D eigenvalue weighted by Gasteiger charge is -2.40. The van der Waals surface area contributed by atoms with Crippen LogP contribution in [0.1, 0.15) is 0 Å². The number of hydrogen-bond donors (Lipinski definition) is 0. The highest BCUT2D eigenvalue weighted by Gasteiger charge is 2.42. The predicted octanol–water partition coefficient (Wildman–Crippen LogP) is 7.24. The average molecular weight is 508 g/mol. The summed E-state index contributed by atoms with van der Waals surface area (Å²) < 4.78 is 9.04. The van der Waals surface area contributed by atoms with Gasteiger partial charge in [0, 0.05) is 32.9 Å². The molecule has 0 amide bonds. The SMILES string of the molecule is c1ccc(N2c3cccc4c3B(c3ccccc3O4)c3ccc4c5cccc6c7ccccc7n(c4c32)c65)cc1. The second-order valence-corrected chi connectivity index (χ2v) is 10.9. The molecule has 0 N–H and O–H groups in total. The van der Waals surface area contributed by atoms with E-state index in [0.29, 0.717) is 0 Å². The number of para-hydroxylation sites is 4. The van der Waals surface area contributed by atoms with Gasteiger partial charge in [-0.1, -0.05) is 91.0 Å². The van der Waals surface area contributed by atoms with E-state index in [9.17, 15) is 0 Å². The van der Waals surface area contributed by atoms with Crippen LogP contribution in [0.3, 0.4) is 0 Å². The second kappa shape index (κ2) is 7.25. The third-order valence-electron chi connectivity index (χ3n) is 8.96. The van der Waals surface area contributed by atoms with Crippen molar-refractivity contribution in [3.8, 4) is 11.5 Å². The zero-order valence-corrected chi connectivity index (χ0v) is 21.5. The smallest absolute Gasteiger partial charge is 0.256 e. The van der Waals surface area contributed by atoms with Crippen molar-refractivity contribution in [2.45, 2.75) is 0 Å². The number of nitrogens with zero attached hydrogens (tertiary/aromatic N) is 2. The fourth-order valence-corrected chi connectivity index (χ4v) is 7.46. The Morgan fingerprint density at radius 1 is 0.500 bits per heavy atom. The Hall–Kier alpha value is -5.22. The third-order valence-corrected chi connectivity index (χ3v) is 8.96. The highest BCUT2D eigenvalue weighted by Crippen LogP contribution is 2.47. The summed E-state index contributed by atoms with van der Waals surface area (Å²) in [6, 6.07) is 46.1. The van der Waals surface area contributed by atoms with E-state index in [0.717, 1.165) is 17.2 Å². The van der Waals surface area contributed by atoms with E-state index in [2.05, 4.69) is 137 Å². The van der Waals surface area contributed by atoms with Gasteiger partial charge in [0.2, 0.25) is 0 Å². The van der Waals surface area contributed by atoms with Crippen molar-refractivity contribution >= 4 is 78.3 Å². The number of rotatable bonds is 1. The number of hydrogen-bond acceptors (Lipinski definition) is 2. The molecule has 0 radical (unpaired) electrons. The van der Waals surface area contributed by atoms with Crippen molar-refractivity contribution in [2.24, 2.45) is 0 Å². The van der Waals surface area contributed by atoms with Crippen molar-refractivity contribution < 1.29 is 4.74 Å². The molecule has 2 aliphatic rings. The van der Waals surface area contributed by atoms with E-state index in [4.69, 9.17) is 4.74 Å². The average Bonchev–Trinajstić information content (AvgIpc) is 3.54. The Morgan fingerprint density at radius 3 is 2.12 bits per heavy atom. The molecular formula is C36H21BN2O. The minimum Gasteiger partial charge on any atom is -0.458 e. The summed E-state index contributed by atoms with van der Waals surface area (Å²) in [7, 11) is 0. The van der Waals surface area contributed by atoms with Gasteiger partial charge in [0.1, 0.15) is 11.5 Å². The normalized spacial score (nSPS) is 13.6. The van der Waals surface area contributed by atoms with Crippen molar-refractivity contribution in [3.05, 3.63) is 127 Å². The van der Waals surface area contributed by atoms with Crippen molar-refractivity contribution in [3.63, 3.8) is 0 Å². The molecule has 4 heteroatoms. The molecule has 0 fully saturated rings. The topological polar surface area (TPSA) is 16.9 Å². The first-order chi connectivity index (χ1) is 19.9. The fourth-order valence-electron chi connectivity index (χ4n) is 7.46. The van der Waals surface area contributed by atoms with Gasteiger partial charge in [-0.2, -0.15) is 0 Å². The number of fused-ring (bicyclic) bond motifs is 11. The van der Waals surface area contributed by atoms with Gasteiger partial charge < -0.3 is 14.0 Å². The molecule has 0 spiro atoms. The van der Waals surface area contributed by atoms with E-state index in [1.807, 2.05) is 0 Å². The van der Waals surface area contributed by atoms with Crippen LogP contribution < -0.4 is 26.0 Å². The molecule has 2 aliphatic heterocycles. The van der Waals surface area contributed by atoms with E-state index in [-0.39, 0.29) is 6.71 Å². The molecule has 0 aliphatic carbocycles. The molecule has 10 rings (SSSR count). The standard InChI is InChI=1S/C36H21BN2O/c1-2-10-22(11-3-1)38-30-17-9-19-32-33(30)37(27-15-5-7-18-31(27)40-32)28-21-20-26-25-14-8-13-24-23-12-4-6-16-29(23)39(34(24)25)35(26)36(28)38/h1-21H. The predicted molar refractivity (Wildman–Crippen MR) is 167 cm³/mol. The molecular weight excluding hydrogens is 487 g/mol. The first-order valence-corrected chi connectivity index (χ1v) is 13.8. The van der Waals surface area contributed by atoms with Crippen LogP contribution in [0.15, 0.2) is 127 Å². The molecule has 3 nitrogen and oxygen atoms in total. The first kappa shape index (κ1) is 20.7. The fraction of sp³-hybridized carbons (Fsp3) is 0. The largest absolute Gasteiger partial charge is 0.458 e. The quantitative estimate of drug-likeness (QED) is 0.218.